The van der Waals surface area contributed by atoms with E-state index in [1.54, 1.807) is 0 Å². The van der Waals surface area contributed by atoms with Crippen LogP contribution in [0, 0.1) is 41.5 Å². The average molecular weight is 1760 g/mol. The quantitative estimate of drug-likeness (QED) is 0.155. The summed E-state index contributed by atoms with van der Waals surface area (Å²) < 4.78 is 8.87. The van der Waals surface area contributed by atoms with Crippen molar-refractivity contribution in [3.8, 4) is 56.2 Å². The van der Waals surface area contributed by atoms with Crippen LogP contribution >= 0.6 is 0 Å². The lowest BCUT2D eigenvalue weighted by molar-refractivity contribution is -0.660. The fourth-order valence-corrected chi connectivity index (χ4v) is 15.3. The molecule has 0 amide bonds. The lowest BCUT2D eigenvalue weighted by Gasteiger charge is -2.28. The standard InChI is InChI=1S/C20H18N.3C17H16N.C16H18N2.C12H16N2.12C2H6/c1-14-10-11-17-16-8-4-3-7-15(16)13-18(17)20(14)19-9-5-6-12-21(19)2;1-13-7-3-6-10-16(13)17-11-14-8-4-5-9-15(14)12-18(17)2;1-13-7-3-5-9-15(13)17-16-10-6-4-8-14(16)11-12-18(17)2;1-13-7-3-5-9-15(13)17-12-11-14-8-4-6-10-16(14)18(17)2;1-12-8-4-5-9-14(12)18-13(2)17(3)15-10-6-7-11-16(15)18;1-10-6-4-5-7-12(10)14-9-8-13(3)11(14)2;12*1-2/h3-12H,13H2,1-2H3;3*3-12H,1-2H3;4-11,13H,1-3H3;4-9,11H,1-3H3;12*1-2H3/q4*+1;;;;;;;;;;;;;;/t;;;;13-;11-;;;;;;;;;;;;/m....00............/s1. The van der Waals surface area contributed by atoms with E-state index in [0.717, 1.165) is 6.42 Å². The maximum atomic E-state index is 2.41. The minimum atomic E-state index is 0.350. The summed E-state index contributed by atoms with van der Waals surface area (Å²) in [7, 11) is 12.7. The van der Waals surface area contributed by atoms with Crippen LogP contribution in [0.5, 0.6) is 0 Å². The van der Waals surface area contributed by atoms with Gasteiger partial charge in [0.1, 0.15) is 40.5 Å². The maximum Gasteiger partial charge on any atom is 0.220 e. The van der Waals surface area contributed by atoms with E-state index in [4.69, 9.17) is 0 Å². The van der Waals surface area contributed by atoms with Gasteiger partial charge in [-0.25, -0.2) is 13.7 Å². The summed E-state index contributed by atoms with van der Waals surface area (Å²) in [5, 5.41) is 6.43. The molecule has 0 N–H and O–H groups in total. The number of pyridine rings is 4. The average Bonchev–Trinajstić information content (AvgIpc) is 1.65. The van der Waals surface area contributed by atoms with Crippen molar-refractivity contribution in [2.45, 2.75) is 240 Å². The van der Waals surface area contributed by atoms with E-state index in [-0.39, 0.29) is 0 Å². The summed E-state index contributed by atoms with van der Waals surface area (Å²) in [4.78, 5) is 9.22. The lowest BCUT2D eigenvalue weighted by atomic mass is 9.94. The van der Waals surface area contributed by atoms with Gasteiger partial charge in [-0.15, -0.1) is 0 Å². The number of rotatable bonds is 6. The van der Waals surface area contributed by atoms with Gasteiger partial charge in [-0.3, -0.25) is 0 Å². The number of aryl methyl sites for hydroxylation is 10. The van der Waals surface area contributed by atoms with E-state index < -0.39 is 0 Å². The number of nitrogens with zero attached hydrogens (tertiary/aromatic N) is 8. The summed E-state index contributed by atoms with van der Waals surface area (Å²) in [6.07, 6.45) is 12.5. The van der Waals surface area contributed by atoms with Crippen molar-refractivity contribution in [3.63, 3.8) is 0 Å². The first-order valence-electron chi connectivity index (χ1n) is 49.3. The molecule has 11 aromatic carbocycles. The van der Waals surface area contributed by atoms with Crippen LogP contribution < -0.4 is 33.0 Å². The molecule has 8 heteroatoms. The fraction of sp³-hybridized carbons (Fsp3) is 0.333. The second-order valence-corrected chi connectivity index (χ2v) is 28.5. The Morgan fingerprint density at radius 3 is 1.23 bits per heavy atom. The second-order valence-electron chi connectivity index (χ2n) is 28.5. The monoisotopic (exact) mass is 1760 g/mol. The van der Waals surface area contributed by atoms with Gasteiger partial charge in [-0.1, -0.05) is 354 Å². The van der Waals surface area contributed by atoms with Crippen molar-refractivity contribution in [1.29, 1.82) is 0 Å². The van der Waals surface area contributed by atoms with Gasteiger partial charge in [0, 0.05) is 102 Å². The summed E-state index contributed by atoms with van der Waals surface area (Å²) in [6, 6.07) is 105. The highest BCUT2D eigenvalue weighted by molar-refractivity contribution is 5.94. The van der Waals surface area contributed by atoms with E-state index in [9.17, 15) is 0 Å². The van der Waals surface area contributed by atoms with Gasteiger partial charge in [-0.2, -0.15) is 4.57 Å². The molecule has 3 aliphatic rings. The molecule has 0 radical (unpaired) electrons. The number of benzene rings is 11. The molecule has 131 heavy (non-hydrogen) atoms. The molecule has 1 aliphatic carbocycles. The summed E-state index contributed by atoms with van der Waals surface area (Å²) in [6.45, 7) is 65.5. The van der Waals surface area contributed by atoms with Gasteiger partial charge in [-0.05, 0) is 201 Å². The molecule has 6 heterocycles. The van der Waals surface area contributed by atoms with E-state index in [1.807, 2.05) is 166 Å². The molecule has 0 bridgehead atoms. The number of aromatic nitrogens is 4. The Bertz CT molecular complexity index is 5660. The smallest absolute Gasteiger partial charge is 0.220 e. The molecule has 18 rings (SSSR count). The molecular weight excluding hydrogens is 1590 g/mol. The summed E-state index contributed by atoms with van der Waals surface area (Å²) in [5.41, 5.74) is 30.4. The van der Waals surface area contributed by atoms with Crippen LogP contribution in [0.15, 0.2) is 328 Å². The first-order valence-corrected chi connectivity index (χ1v) is 49.3. The normalized spacial score (nSPS) is 11.6. The minimum absolute atomic E-state index is 0.350. The molecule has 0 saturated heterocycles. The van der Waals surface area contributed by atoms with E-state index >= 15 is 0 Å². The second kappa shape index (κ2) is 65.3. The van der Waals surface area contributed by atoms with Crippen molar-refractivity contribution < 1.29 is 18.3 Å². The Kier molecular flexibility index (Phi) is 58.2. The zero-order chi connectivity index (χ0) is 98.8. The molecule has 4 aromatic heterocycles. The molecular formula is C123H172N8+4. The van der Waals surface area contributed by atoms with Crippen LogP contribution in [-0.2, 0) is 34.6 Å². The molecule has 8 nitrogen and oxygen atoms in total. The Hall–Kier alpha value is -12.3. The van der Waals surface area contributed by atoms with Crippen LogP contribution in [0.25, 0.3) is 88.6 Å². The Morgan fingerprint density at radius 1 is 0.282 bits per heavy atom. The van der Waals surface area contributed by atoms with Gasteiger partial charge >= 0.3 is 0 Å². The highest BCUT2D eigenvalue weighted by Gasteiger charge is 2.32. The van der Waals surface area contributed by atoms with Crippen LogP contribution in [-0.4, -0.2) is 31.3 Å². The van der Waals surface area contributed by atoms with Crippen molar-refractivity contribution >= 4 is 55.2 Å². The molecule has 700 valence electrons. The SMILES string of the molecule is CC.CC.CC.CC.CC.CC.CC.CC.CC.CC.CC.CC.Cc1ccc2c(c1-c1cccc[n+]1C)Cc1ccccc1-2.Cc1ccccc1-c1c2ccccc2cc[n+]1C.Cc1ccccc1-c1cc2ccccc2c[n+]1C.Cc1ccccc1-c1ccc2ccccc2[n+]1C.Cc1ccccc1N1C=CN(C)[C@@H]1C.Cc1ccccc1N1c2ccccc2N(C)[C@@H]1C. The molecule has 0 unspecified atom stereocenters. The predicted octanol–water partition coefficient (Wildman–Crippen LogP) is 33.8. The number of fused-ring (bicyclic) bond motifs is 7. The third-order valence-electron chi connectivity index (χ3n) is 21.6. The third-order valence-corrected chi connectivity index (χ3v) is 21.6. The topological polar surface area (TPSA) is 28.5 Å². The highest BCUT2D eigenvalue weighted by atomic mass is 15.4. The van der Waals surface area contributed by atoms with Gasteiger partial charge in [0.2, 0.25) is 28.3 Å². The fourth-order valence-electron chi connectivity index (χ4n) is 15.3. The van der Waals surface area contributed by atoms with Gasteiger partial charge in [0.25, 0.3) is 0 Å². The molecule has 2 aliphatic heterocycles. The predicted molar refractivity (Wildman–Crippen MR) is 586 cm³/mol. The third kappa shape index (κ3) is 31.2. The molecule has 0 spiro atoms. The van der Waals surface area contributed by atoms with Gasteiger partial charge in [0.05, 0.1) is 22.3 Å². The van der Waals surface area contributed by atoms with Crippen molar-refractivity contribution in [2.75, 3.05) is 28.8 Å². The number of hydrogen-bond donors (Lipinski definition) is 0. The lowest BCUT2D eigenvalue weighted by Crippen LogP contribution is -2.35. The summed E-state index contributed by atoms with van der Waals surface area (Å²) in [5.74, 6) is 0. The highest BCUT2D eigenvalue weighted by Crippen LogP contribution is 2.45. The molecule has 0 saturated carbocycles. The molecule has 2 atom stereocenters. The van der Waals surface area contributed by atoms with Crippen LogP contribution in [0.3, 0.4) is 0 Å². The van der Waals surface area contributed by atoms with E-state index in [2.05, 4.69) is 464 Å². The van der Waals surface area contributed by atoms with E-state index in [0.29, 0.717) is 12.3 Å². The maximum absolute atomic E-state index is 2.41. The zero-order valence-electron chi connectivity index (χ0n) is 88.6. The number of para-hydroxylation sites is 5. The van der Waals surface area contributed by atoms with Crippen molar-refractivity contribution in [1.82, 2.24) is 4.90 Å². The number of anilines is 4. The number of hydrogen-bond acceptors (Lipinski definition) is 4. The van der Waals surface area contributed by atoms with Gasteiger partial charge < -0.3 is 19.6 Å². The molecule has 0 fully saturated rings. The minimum Gasteiger partial charge on any atom is -0.359 e. The first kappa shape index (κ1) is 117. The largest absolute Gasteiger partial charge is 0.359 e. The zero-order valence-corrected chi connectivity index (χ0v) is 88.6. The Morgan fingerprint density at radius 2 is 0.710 bits per heavy atom. The Balaban J connectivity index is 0.000000752. The van der Waals surface area contributed by atoms with Crippen LogP contribution in [0.2, 0.25) is 0 Å². The van der Waals surface area contributed by atoms with Crippen molar-refractivity contribution in [3.05, 3.63) is 373 Å². The first-order chi connectivity index (χ1) is 63.9. The van der Waals surface area contributed by atoms with Crippen LogP contribution in [0.1, 0.15) is 225 Å². The van der Waals surface area contributed by atoms with Gasteiger partial charge in [0.15, 0.2) is 18.6 Å². The van der Waals surface area contributed by atoms with Crippen molar-refractivity contribution in [2.24, 2.45) is 28.2 Å². The van der Waals surface area contributed by atoms with Crippen LogP contribution in [0.4, 0.5) is 22.7 Å². The molecule has 15 aromatic rings. The Labute approximate surface area is 799 Å². The summed E-state index contributed by atoms with van der Waals surface area (Å²) >= 11 is 0. The van der Waals surface area contributed by atoms with E-state index in [1.165, 1.54) is 156 Å².